The van der Waals surface area contributed by atoms with Gasteiger partial charge in [-0.15, -0.1) is 0 Å². The summed E-state index contributed by atoms with van der Waals surface area (Å²) >= 11 is 0. The van der Waals surface area contributed by atoms with Crippen LogP contribution >= 0.6 is 0 Å². The summed E-state index contributed by atoms with van der Waals surface area (Å²) in [5.74, 6) is 0. The molecule has 1 aromatic rings. The van der Waals surface area contributed by atoms with Crippen LogP contribution in [-0.2, 0) is 6.42 Å². The van der Waals surface area contributed by atoms with E-state index in [0.717, 1.165) is 6.42 Å². The summed E-state index contributed by atoms with van der Waals surface area (Å²) in [5.41, 5.74) is 2.50. The van der Waals surface area contributed by atoms with Crippen LogP contribution in [-0.4, -0.2) is 11.2 Å². The molecule has 0 radical (unpaired) electrons. The average Bonchev–Trinajstić information content (AvgIpc) is 2.04. The predicted molar refractivity (Wildman–Crippen MR) is 55.6 cm³/mol. The summed E-state index contributed by atoms with van der Waals surface area (Å²) in [4.78, 5) is 0. The molecule has 0 spiro atoms. The smallest absolute Gasteiger partial charge is 0.0695 e. The third-order valence-corrected chi connectivity index (χ3v) is 1.85. The maximum atomic E-state index is 9.12. The zero-order valence-corrected chi connectivity index (χ0v) is 8.20. The van der Waals surface area contributed by atoms with Crippen LogP contribution in [0.5, 0.6) is 0 Å². The van der Waals surface area contributed by atoms with Gasteiger partial charge in [0.2, 0.25) is 0 Å². The third kappa shape index (κ3) is 3.90. The molecule has 0 aromatic heterocycles. The Bertz CT molecular complexity index is 272. The summed E-state index contributed by atoms with van der Waals surface area (Å²) in [6.07, 6.45) is 2.46. The van der Waals surface area contributed by atoms with Gasteiger partial charge in [-0.25, -0.2) is 0 Å². The van der Waals surface area contributed by atoms with Crippen molar-refractivity contribution in [3.63, 3.8) is 0 Å². The molecule has 0 saturated heterocycles. The number of hydrogen-bond acceptors (Lipinski definition) is 1. The van der Waals surface area contributed by atoms with E-state index in [1.165, 1.54) is 11.1 Å². The number of aliphatic hydroxyl groups is 1. The van der Waals surface area contributed by atoms with E-state index in [1.54, 1.807) is 6.92 Å². The SMILES string of the molecule is C/C(=C/C(C)O)Cc1ccccc1. The average molecular weight is 176 g/mol. The molecule has 0 heterocycles. The van der Waals surface area contributed by atoms with E-state index in [2.05, 4.69) is 12.1 Å². The van der Waals surface area contributed by atoms with Crippen molar-refractivity contribution in [2.24, 2.45) is 0 Å². The van der Waals surface area contributed by atoms with Gasteiger partial charge in [0, 0.05) is 0 Å². The topological polar surface area (TPSA) is 20.2 Å². The summed E-state index contributed by atoms with van der Waals surface area (Å²) in [7, 11) is 0. The molecule has 1 rings (SSSR count). The highest BCUT2D eigenvalue weighted by molar-refractivity contribution is 5.21. The lowest BCUT2D eigenvalue weighted by atomic mass is 10.1. The largest absolute Gasteiger partial charge is 0.389 e. The van der Waals surface area contributed by atoms with Crippen molar-refractivity contribution in [3.8, 4) is 0 Å². The van der Waals surface area contributed by atoms with Gasteiger partial charge in [-0.3, -0.25) is 0 Å². The Labute approximate surface area is 79.7 Å². The molecule has 1 unspecified atom stereocenters. The Morgan fingerprint density at radius 2 is 2.00 bits per heavy atom. The van der Waals surface area contributed by atoms with Crippen molar-refractivity contribution in [1.82, 2.24) is 0 Å². The molecule has 0 aliphatic rings. The fourth-order valence-electron chi connectivity index (χ4n) is 1.39. The van der Waals surface area contributed by atoms with Crippen LogP contribution in [0.4, 0.5) is 0 Å². The molecule has 0 aliphatic carbocycles. The van der Waals surface area contributed by atoms with Crippen LogP contribution in [0.25, 0.3) is 0 Å². The lowest BCUT2D eigenvalue weighted by Crippen LogP contribution is -1.96. The minimum atomic E-state index is -0.344. The molecular formula is C12H16O. The van der Waals surface area contributed by atoms with Crippen LogP contribution in [0.3, 0.4) is 0 Å². The number of hydrogen-bond donors (Lipinski definition) is 1. The molecule has 0 fully saturated rings. The van der Waals surface area contributed by atoms with E-state index in [4.69, 9.17) is 5.11 Å². The second-order valence-corrected chi connectivity index (χ2v) is 3.42. The first kappa shape index (κ1) is 10.0. The first-order valence-corrected chi connectivity index (χ1v) is 4.58. The number of aliphatic hydroxyl groups excluding tert-OH is 1. The Balaban J connectivity index is 2.60. The normalized spacial score (nSPS) is 14.2. The fraction of sp³-hybridized carbons (Fsp3) is 0.333. The molecule has 1 aromatic carbocycles. The van der Waals surface area contributed by atoms with Gasteiger partial charge in [0.05, 0.1) is 6.10 Å². The maximum Gasteiger partial charge on any atom is 0.0695 e. The first-order valence-electron chi connectivity index (χ1n) is 4.58. The standard InChI is InChI=1S/C12H16O/c1-10(8-11(2)13)9-12-6-4-3-5-7-12/h3-8,11,13H,9H2,1-2H3/b10-8-. The quantitative estimate of drug-likeness (QED) is 0.702. The van der Waals surface area contributed by atoms with Crippen molar-refractivity contribution in [2.45, 2.75) is 26.4 Å². The van der Waals surface area contributed by atoms with Gasteiger partial charge in [0.1, 0.15) is 0 Å². The van der Waals surface area contributed by atoms with Crippen molar-refractivity contribution >= 4 is 0 Å². The van der Waals surface area contributed by atoms with Crippen molar-refractivity contribution < 1.29 is 5.11 Å². The number of rotatable bonds is 3. The second-order valence-electron chi connectivity index (χ2n) is 3.42. The molecule has 1 atom stereocenters. The Kier molecular flexibility index (Phi) is 3.71. The molecule has 13 heavy (non-hydrogen) atoms. The number of allylic oxidation sites excluding steroid dienone is 1. The second kappa shape index (κ2) is 4.83. The van der Waals surface area contributed by atoms with Crippen LogP contribution in [0.2, 0.25) is 0 Å². The molecule has 0 bridgehead atoms. The minimum absolute atomic E-state index is 0.344. The summed E-state index contributed by atoms with van der Waals surface area (Å²) in [6, 6.07) is 10.3. The van der Waals surface area contributed by atoms with E-state index in [1.807, 2.05) is 31.2 Å². The molecule has 0 saturated carbocycles. The lowest BCUT2D eigenvalue weighted by molar-refractivity contribution is 0.243. The van der Waals surface area contributed by atoms with Gasteiger partial charge in [-0.2, -0.15) is 0 Å². The molecule has 1 nitrogen and oxygen atoms in total. The van der Waals surface area contributed by atoms with Crippen LogP contribution < -0.4 is 0 Å². The molecular weight excluding hydrogens is 160 g/mol. The summed E-state index contributed by atoms with van der Waals surface area (Å²) in [5, 5.41) is 9.12. The van der Waals surface area contributed by atoms with Crippen molar-refractivity contribution in [1.29, 1.82) is 0 Å². The minimum Gasteiger partial charge on any atom is -0.389 e. The molecule has 70 valence electrons. The van der Waals surface area contributed by atoms with E-state index in [9.17, 15) is 0 Å². The zero-order valence-electron chi connectivity index (χ0n) is 8.20. The highest BCUT2D eigenvalue weighted by Gasteiger charge is 1.95. The summed E-state index contributed by atoms with van der Waals surface area (Å²) < 4.78 is 0. The molecule has 1 N–H and O–H groups in total. The van der Waals surface area contributed by atoms with Gasteiger partial charge in [0.25, 0.3) is 0 Å². The van der Waals surface area contributed by atoms with Gasteiger partial charge in [0.15, 0.2) is 0 Å². The van der Waals surface area contributed by atoms with Gasteiger partial charge < -0.3 is 5.11 Å². The Morgan fingerprint density at radius 3 is 2.54 bits per heavy atom. The van der Waals surface area contributed by atoms with Gasteiger partial charge in [-0.05, 0) is 25.8 Å². The Morgan fingerprint density at radius 1 is 1.38 bits per heavy atom. The predicted octanol–water partition coefficient (Wildman–Crippen LogP) is 2.56. The maximum absolute atomic E-state index is 9.12. The van der Waals surface area contributed by atoms with Crippen LogP contribution in [0, 0.1) is 0 Å². The summed E-state index contributed by atoms with van der Waals surface area (Å²) in [6.45, 7) is 3.81. The van der Waals surface area contributed by atoms with Gasteiger partial charge in [-0.1, -0.05) is 42.0 Å². The zero-order chi connectivity index (χ0) is 9.68. The van der Waals surface area contributed by atoms with Gasteiger partial charge >= 0.3 is 0 Å². The highest BCUT2D eigenvalue weighted by atomic mass is 16.3. The van der Waals surface area contributed by atoms with Crippen molar-refractivity contribution in [3.05, 3.63) is 47.5 Å². The lowest BCUT2D eigenvalue weighted by Gasteiger charge is -2.03. The molecule has 1 heteroatoms. The fourth-order valence-corrected chi connectivity index (χ4v) is 1.39. The van der Waals surface area contributed by atoms with E-state index < -0.39 is 0 Å². The highest BCUT2D eigenvalue weighted by Crippen LogP contribution is 2.07. The van der Waals surface area contributed by atoms with Crippen LogP contribution in [0.1, 0.15) is 19.4 Å². The monoisotopic (exact) mass is 176 g/mol. The van der Waals surface area contributed by atoms with E-state index in [-0.39, 0.29) is 6.10 Å². The Hall–Kier alpha value is -1.08. The molecule has 0 amide bonds. The van der Waals surface area contributed by atoms with Crippen molar-refractivity contribution in [2.75, 3.05) is 0 Å². The van der Waals surface area contributed by atoms with E-state index >= 15 is 0 Å². The van der Waals surface area contributed by atoms with Crippen LogP contribution in [0.15, 0.2) is 42.0 Å². The third-order valence-electron chi connectivity index (χ3n) is 1.85. The number of benzene rings is 1. The first-order chi connectivity index (χ1) is 6.18. The van der Waals surface area contributed by atoms with E-state index in [0.29, 0.717) is 0 Å². The molecule has 0 aliphatic heterocycles.